The molecule has 4 heteroatoms. The fourth-order valence-corrected chi connectivity index (χ4v) is 2.84. The van der Waals surface area contributed by atoms with Gasteiger partial charge < -0.3 is 15.4 Å². The van der Waals surface area contributed by atoms with Crippen LogP contribution < -0.4 is 5.73 Å². The maximum absolute atomic E-state index is 12.2. The predicted molar refractivity (Wildman–Crippen MR) is 66.5 cm³/mol. The van der Waals surface area contributed by atoms with Crippen molar-refractivity contribution in [2.75, 3.05) is 20.2 Å². The van der Waals surface area contributed by atoms with Gasteiger partial charge in [-0.15, -0.1) is 0 Å². The van der Waals surface area contributed by atoms with Crippen LogP contribution in [0.4, 0.5) is 0 Å². The molecule has 17 heavy (non-hydrogen) atoms. The van der Waals surface area contributed by atoms with E-state index in [4.69, 9.17) is 10.5 Å². The van der Waals surface area contributed by atoms with Crippen molar-refractivity contribution in [1.82, 2.24) is 4.90 Å². The van der Waals surface area contributed by atoms with Gasteiger partial charge >= 0.3 is 0 Å². The van der Waals surface area contributed by atoms with Gasteiger partial charge in [-0.05, 0) is 31.6 Å². The first kappa shape index (κ1) is 12.8. The third kappa shape index (κ3) is 2.99. The number of carbonyl (C=O) groups excluding carboxylic acids is 1. The van der Waals surface area contributed by atoms with Crippen LogP contribution in [0.5, 0.6) is 0 Å². The van der Waals surface area contributed by atoms with Crippen LogP contribution in [-0.2, 0) is 9.53 Å². The summed E-state index contributed by atoms with van der Waals surface area (Å²) >= 11 is 0. The Balaban J connectivity index is 1.87. The van der Waals surface area contributed by atoms with Crippen molar-refractivity contribution in [2.24, 2.45) is 11.7 Å². The SMILES string of the molecule is COC1CCN(C(=O)CC2CCC2)C(CN)C1. The maximum Gasteiger partial charge on any atom is 0.223 e. The Morgan fingerprint density at radius 3 is 2.71 bits per heavy atom. The zero-order valence-electron chi connectivity index (χ0n) is 10.7. The number of carbonyl (C=O) groups is 1. The highest BCUT2D eigenvalue weighted by atomic mass is 16.5. The van der Waals surface area contributed by atoms with Gasteiger partial charge in [0.25, 0.3) is 0 Å². The molecule has 2 N–H and O–H groups in total. The Morgan fingerprint density at radius 1 is 1.41 bits per heavy atom. The summed E-state index contributed by atoms with van der Waals surface area (Å²) in [5.41, 5.74) is 5.78. The van der Waals surface area contributed by atoms with E-state index in [9.17, 15) is 4.79 Å². The number of nitrogens with zero attached hydrogens (tertiary/aromatic N) is 1. The van der Waals surface area contributed by atoms with E-state index in [1.165, 1.54) is 19.3 Å². The summed E-state index contributed by atoms with van der Waals surface area (Å²) < 4.78 is 5.37. The van der Waals surface area contributed by atoms with Crippen molar-refractivity contribution in [2.45, 2.75) is 50.7 Å². The molecular weight excluding hydrogens is 216 g/mol. The summed E-state index contributed by atoms with van der Waals surface area (Å²) in [7, 11) is 1.74. The van der Waals surface area contributed by atoms with E-state index in [0.717, 1.165) is 25.8 Å². The quantitative estimate of drug-likeness (QED) is 0.801. The molecule has 0 spiro atoms. The number of hydrogen-bond acceptors (Lipinski definition) is 3. The average Bonchev–Trinajstić information content (AvgIpc) is 2.32. The first-order chi connectivity index (χ1) is 8.24. The lowest BCUT2D eigenvalue weighted by molar-refractivity contribution is -0.138. The van der Waals surface area contributed by atoms with Crippen molar-refractivity contribution in [3.8, 4) is 0 Å². The lowest BCUT2D eigenvalue weighted by atomic mass is 9.82. The molecule has 1 aliphatic carbocycles. The third-order valence-corrected chi connectivity index (χ3v) is 4.28. The number of likely N-dealkylation sites (tertiary alicyclic amines) is 1. The molecule has 2 atom stereocenters. The summed E-state index contributed by atoms with van der Waals surface area (Å²) in [4.78, 5) is 14.2. The van der Waals surface area contributed by atoms with Gasteiger partial charge in [-0.3, -0.25) is 4.79 Å². The molecule has 2 rings (SSSR count). The fourth-order valence-electron chi connectivity index (χ4n) is 2.84. The Kier molecular flexibility index (Phi) is 4.40. The van der Waals surface area contributed by atoms with Gasteiger partial charge in [0.15, 0.2) is 0 Å². The molecule has 1 heterocycles. The van der Waals surface area contributed by atoms with E-state index < -0.39 is 0 Å². The van der Waals surface area contributed by atoms with Gasteiger partial charge in [0, 0.05) is 32.7 Å². The van der Waals surface area contributed by atoms with Crippen LogP contribution in [0.1, 0.15) is 38.5 Å². The standard InChI is InChI=1S/C13H24N2O2/c1-17-12-5-6-15(11(8-12)9-14)13(16)7-10-3-2-4-10/h10-12H,2-9,14H2,1H3. The number of rotatable bonds is 4. The number of methoxy groups -OCH3 is 1. The number of amides is 1. The molecule has 0 aromatic heterocycles. The first-order valence-corrected chi connectivity index (χ1v) is 6.77. The average molecular weight is 240 g/mol. The van der Waals surface area contributed by atoms with Crippen molar-refractivity contribution in [3.05, 3.63) is 0 Å². The second-order valence-corrected chi connectivity index (χ2v) is 5.36. The van der Waals surface area contributed by atoms with E-state index in [0.29, 0.717) is 18.4 Å². The lowest BCUT2D eigenvalue weighted by Gasteiger charge is -2.39. The molecule has 98 valence electrons. The molecule has 0 aromatic rings. The van der Waals surface area contributed by atoms with Crippen molar-refractivity contribution >= 4 is 5.91 Å². The van der Waals surface area contributed by atoms with Crippen LogP contribution in [-0.4, -0.2) is 43.2 Å². The van der Waals surface area contributed by atoms with Crippen LogP contribution in [0, 0.1) is 5.92 Å². The minimum atomic E-state index is 0.182. The molecule has 4 nitrogen and oxygen atoms in total. The second-order valence-electron chi connectivity index (χ2n) is 5.36. The Morgan fingerprint density at radius 2 is 2.18 bits per heavy atom. The zero-order chi connectivity index (χ0) is 12.3. The summed E-state index contributed by atoms with van der Waals surface area (Å²) in [5.74, 6) is 0.945. The number of nitrogens with two attached hydrogens (primary N) is 1. The van der Waals surface area contributed by atoms with E-state index in [1.807, 2.05) is 4.90 Å². The third-order valence-electron chi connectivity index (χ3n) is 4.28. The van der Waals surface area contributed by atoms with Gasteiger partial charge in [0.2, 0.25) is 5.91 Å². The molecular formula is C13H24N2O2. The summed E-state index contributed by atoms with van der Waals surface area (Å²) in [5, 5.41) is 0. The predicted octanol–water partition coefficient (Wildman–Crippen LogP) is 1.14. The molecule has 2 unspecified atom stereocenters. The van der Waals surface area contributed by atoms with Crippen LogP contribution in [0.2, 0.25) is 0 Å². The van der Waals surface area contributed by atoms with Gasteiger partial charge in [0.05, 0.1) is 6.10 Å². The topological polar surface area (TPSA) is 55.6 Å². The molecule has 1 saturated carbocycles. The number of piperidine rings is 1. The number of hydrogen-bond donors (Lipinski definition) is 1. The Bertz CT molecular complexity index is 266. The van der Waals surface area contributed by atoms with Crippen molar-refractivity contribution < 1.29 is 9.53 Å². The van der Waals surface area contributed by atoms with Crippen LogP contribution in [0.15, 0.2) is 0 Å². The lowest BCUT2D eigenvalue weighted by Crippen LogP contribution is -2.51. The summed E-state index contributed by atoms with van der Waals surface area (Å²) in [6, 6.07) is 0.182. The maximum atomic E-state index is 12.2. The normalized spacial score (nSPS) is 30.1. The molecule has 0 radical (unpaired) electrons. The van der Waals surface area contributed by atoms with Crippen molar-refractivity contribution in [1.29, 1.82) is 0 Å². The first-order valence-electron chi connectivity index (χ1n) is 6.77. The minimum Gasteiger partial charge on any atom is -0.381 e. The van der Waals surface area contributed by atoms with E-state index in [-0.39, 0.29) is 12.1 Å². The summed E-state index contributed by atoms with van der Waals surface area (Å²) in [6.07, 6.45) is 6.60. The molecule has 1 amide bonds. The summed E-state index contributed by atoms with van der Waals surface area (Å²) in [6.45, 7) is 1.36. The van der Waals surface area contributed by atoms with Gasteiger partial charge in [-0.25, -0.2) is 0 Å². The van der Waals surface area contributed by atoms with Crippen LogP contribution in [0.3, 0.4) is 0 Å². The smallest absolute Gasteiger partial charge is 0.223 e. The highest BCUT2D eigenvalue weighted by Gasteiger charge is 2.32. The highest BCUT2D eigenvalue weighted by Crippen LogP contribution is 2.31. The Labute approximate surface area is 103 Å². The van der Waals surface area contributed by atoms with Crippen LogP contribution >= 0.6 is 0 Å². The monoisotopic (exact) mass is 240 g/mol. The number of ether oxygens (including phenoxy) is 1. The van der Waals surface area contributed by atoms with E-state index >= 15 is 0 Å². The zero-order valence-corrected chi connectivity index (χ0v) is 10.7. The second kappa shape index (κ2) is 5.83. The molecule has 2 fully saturated rings. The molecule has 0 aromatic carbocycles. The van der Waals surface area contributed by atoms with Crippen molar-refractivity contribution in [3.63, 3.8) is 0 Å². The Hall–Kier alpha value is -0.610. The van der Waals surface area contributed by atoms with E-state index in [1.54, 1.807) is 7.11 Å². The largest absolute Gasteiger partial charge is 0.381 e. The van der Waals surface area contributed by atoms with Gasteiger partial charge in [-0.2, -0.15) is 0 Å². The van der Waals surface area contributed by atoms with Gasteiger partial charge in [-0.1, -0.05) is 6.42 Å². The van der Waals surface area contributed by atoms with E-state index in [2.05, 4.69) is 0 Å². The molecule has 1 saturated heterocycles. The van der Waals surface area contributed by atoms with Gasteiger partial charge in [0.1, 0.15) is 0 Å². The highest BCUT2D eigenvalue weighted by molar-refractivity contribution is 5.77. The molecule has 0 bridgehead atoms. The fraction of sp³-hybridized carbons (Fsp3) is 0.923. The molecule has 1 aliphatic heterocycles. The minimum absolute atomic E-state index is 0.182. The molecule has 2 aliphatic rings. The van der Waals surface area contributed by atoms with Crippen LogP contribution in [0.25, 0.3) is 0 Å².